The Morgan fingerprint density at radius 3 is 2.50 bits per heavy atom. The monoisotopic (exact) mass is 361 g/mol. The summed E-state index contributed by atoms with van der Waals surface area (Å²) >= 11 is 0. The number of nitrogens with one attached hydrogen (secondary N) is 1. The van der Waals surface area contributed by atoms with E-state index in [9.17, 15) is 19.2 Å². The molecule has 0 saturated carbocycles. The van der Waals surface area contributed by atoms with Gasteiger partial charge in [0, 0.05) is 23.2 Å². The molecule has 7 nitrogen and oxygen atoms in total. The second kappa shape index (κ2) is 8.12. The summed E-state index contributed by atoms with van der Waals surface area (Å²) in [6.45, 7) is 3.71. The molecule has 0 radical (unpaired) electrons. The number of amides is 1. The zero-order chi connectivity index (χ0) is 19.3. The number of carbonyl (C=O) groups excluding carboxylic acids is 4. The van der Waals surface area contributed by atoms with Crippen molar-refractivity contribution in [3.63, 3.8) is 0 Å². The molecule has 1 heterocycles. The molecule has 0 bridgehead atoms. The van der Waals surface area contributed by atoms with Crippen LogP contribution in [0.1, 0.15) is 55.5 Å². The molecule has 0 fully saturated rings. The number of esters is 2. The zero-order valence-electron chi connectivity index (χ0n) is 15.2. The van der Waals surface area contributed by atoms with Crippen molar-refractivity contribution in [2.24, 2.45) is 0 Å². The number of carbonyl (C=O) groups is 4. The number of rotatable bonds is 8. The van der Waals surface area contributed by atoms with Crippen molar-refractivity contribution in [1.82, 2.24) is 0 Å². The Labute approximate surface area is 152 Å². The first-order valence-electron chi connectivity index (χ1n) is 8.63. The van der Waals surface area contributed by atoms with Gasteiger partial charge < -0.3 is 14.8 Å². The highest BCUT2D eigenvalue weighted by atomic mass is 16.5. The van der Waals surface area contributed by atoms with Gasteiger partial charge in [0.05, 0.1) is 20.1 Å². The van der Waals surface area contributed by atoms with Gasteiger partial charge in [-0.15, -0.1) is 0 Å². The molecule has 1 aliphatic heterocycles. The number of methoxy groups -OCH3 is 1. The van der Waals surface area contributed by atoms with Gasteiger partial charge in [-0.25, -0.2) is 0 Å². The second-order valence-electron chi connectivity index (χ2n) is 6.09. The molecule has 1 aliphatic rings. The SMILES string of the molecule is CCCC1(C(=O)OCC)C(=O)Nc2ccc(C(=O)CCC(=O)OC)cc21. The molecule has 0 aromatic heterocycles. The van der Waals surface area contributed by atoms with Crippen LogP contribution in [0.3, 0.4) is 0 Å². The minimum absolute atomic E-state index is 0.00693. The summed E-state index contributed by atoms with van der Waals surface area (Å²) in [5.74, 6) is -1.78. The Hall–Kier alpha value is -2.70. The van der Waals surface area contributed by atoms with E-state index in [-0.39, 0.29) is 31.7 Å². The van der Waals surface area contributed by atoms with Gasteiger partial charge in [-0.2, -0.15) is 0 Å². The summed E-state index contributed by atoms with van der Waals surface area (Å²) < 4.78 is 9.70. The molecule has 1 aromatic rings. The normalized spacial score (nSPS) is 18.0. The minimum atomic E-state index is -1.45. The third kappa shape index (κ3) is 3.47. The minimum Gasteiger partial charge on any atom is -0.469 e. The van der Waals surface area contributed by atoms with Crippen molar-refractivity contribution in [3.05, 3.63) is 29.3 Å². The number of fused-ring (bicyclic) bond motifs is 1. The van der Waals surface area contributed by atoms with Crippen molar-refractivity contribution >= 4 is 29.3 Å². The molecule has 1 unspecified atom stereocenters. The van der Waals surface area contributed by atoms with Crippen molar-refractivity contribution in [2.75, 3.05) is 19.0 Å². The topological polar surface area (TPSA) is 98.8 Å². The van der Waals surface area contributed by atoms with Gasteiger partial charge in [-0.3, -0.25) is 19.2 Å². The van der Waals surface area contributed by atoms with Gasteiger partial charge >= 0.3 is 11.9 Å². The highest BCUT2D eigenvalue weighted by Crippen LogP contribution is 2.42. The quantitative estimate of drug-likeness (QED) is 0.434. The Morgan fingerprint density at radius 1 is 1.15 bits per heavy atom. The fourth-order valence-electron chi connectivity index (χ4n) is 3.18. The zero-order valence-corrected chi connectivity index (χ0v) is 15.2. The highest BCUT2D eigenvalue weighted by molar-refractivity contribution is 6.19. The van der Waals surface area contributed by atoms with Crippen molar-refractivity contribution in [2.45, 2.75) is 44.9 Å². The summed E-state index contributed by atoms with van der Waals surface area (Å²) in [6.07, 6.45) is 0.839. The van der Waals surface area contributed by atoms with Gasteiger partial charge in [-0.1, -0.05) is 13.3 Å². The molecule has 140 valence electrons. The fraction of sp³-hybridized carbons (Fsp3) is 0.474. The van der Waals surface area contributed by atoms with E-state index in [2.05, 4.69) is 10.1 Å². The summed E-state index contributed by atoms with van der Waals surface area (Å²) in [7, 11) is 1.26. The third-order valence-corrected chi connectivity index (χ3v) is 4.47. The molecular formula is C19H23NO6. The van der Waals surface area contributed by atoms with Crippen molar-refractivity contribution in [1.29, 1.82) is 0 Å². The summed E-state index contributed by atoms with van der Waals surface area (Å²) in [5.41, 5.74) is -0.152. The second-order valence-corrected chi connectivity index (χ2v) is 6.09. The van der Waals surface area contributed by atoms with Crippen LogP contribution in [0.15, 0.2) is 18.2 Å². The predicted octanol–water partition coefficient (Wildman–Crippen LogP) is 2.38. The van der Waals surface area contributed by atoms with E-state index in [4.69, 9.17) is 4.74 Å². The lowest BCUT2D eigenvalue weighted by Crippen LogP contribution is -2.43. The first-order valence-corrected chi connectivity index (χ1v) is 8.63. The van der Waals surface area contributed by atoms with Crippen molar-refractivity contribution < 1.29 is 28.7 Å². The van der Waals surface area contributed by atoms with Gasteiger partial charge in [-0.05, 0) is 31.5 Å². The van der Waals surface area contributed by atoms with E-state index in [0.29, 0.717) is 23.2 Å². The van der Waals surface area contributed by atoms with Crippen LogP contribution in [-0.4, -0.2) is 37.3 Å². The molecule has 1 aromatic carbocycles. The van der Waals surface area contributed by atoms with Crippen LogP contribution in [0.4, 0.5) is 5.69 Å². The summed E-state index contributed by atoms with van der Waals surface area (Å²) in [6, 6.07) is 4.74. The van der Waals surface area contributed by atoms with E-state index in [1.54, 1.807) is 25.1 Å². The first-order chi connectivity index (χ1) is 12.4. The fourth-order valence-corrected chi connectivity index (χ4v) is 3.18. The Balaban J connectivity index is 2.40. The Kier molecular flexibility index (Phi) is 6.13. The lowest BCUT2D eigenvalue weighted by atomic mass is 9.77. The van der Waals surface area contributed by atoms with E-state index < -0.39 is 23.3 Å². The van der Waals surface area contributed by atoms with Gasteiger partial charge in [0.2, 0.25) is 5.91 Å². The van der Waals surface area contributed by atoms with E-state index in [1.165, 1.54) is 7.11 Å². The predicted molar refractivity (Wildman–Crippen MR) is 93.9 cm³/mol. The highest BCUT2D eigenvalue weighted by Gasteiger charge is 2.53. The molecule has 0 saturated heterocycles. The standard InChI is InChI=1S/C19H23NO6/c1-4-10-19(18(24)26-5-2)13-11-12(6-7-14(13)20-17(19)23)15(21)8-9-16(22)25-3/h6-7,11H,4-5,8-10H2,1-3H3,(H,20,23). The van der Waals surface area contributed by atoms with Crippen LogP contribution in [0.5, 0.6) is 0 Å². The number of anilines is 1. The van der Waals surface area contributed by atoms with Gasteiger partial charge in [0.15, 0.2) is 11.2 Å². The number of hydrogen-bond acceptors (Lipinski definition) is 6. The first kappa shape index (κ1) is 19.6. The number of benzene rings is 1. The maximum Gasteiger partial charge on any atom is 0.326 e. The Bertz CT molecular complexity index is 742. The van der Waals surface area contributed by atoms with Crippen LogP contribution >= 0.6 is 0 Å². The largest absolute Gasteiger partial charge is 0.469 e. The molecule has 2 rings (SSSR count). The smallest absolute Gasteiger partial charge is 0.326 e. The average molecular weight is 361 g/mol. The molecule has 0 spiro atoms. The summed E-state index contributed by atoms with van der Waals surface area (Å²) in [4.78, 5) is 48.9. The molecule has 1 atom stereocenters. The number of hydrogen-bond donors (Lipinski definition) is 1. The van der Waals surface area contributed by atoms with Crippen LogP contribution < -0.4 is 5.32 Å². The van der Waals surface area contributed by atoms with Crippen LogP contribution in [0, 0.1) is 0 Å². The van der Waals surface area contributed by atoms with E-state index in [0.717, 1.165) is 0 Å². The average Bonchev–Trinajstić information content (AvgIpc) is 2.91. The van der Waals surface area contributed by atoms with Crippen LogP contribution in [0.2, 0.25) is 0 Å². The number of ketones is 1. The van der Waals surface area contributed by atoms with Gasteiger partial charge in [0.1, 0.15) is 0 Å². The van der Waals surface area contributed by atoms with Crippen molar-refractivity contribution in [3.8, 4) is 0 Å². The number of ether oxygens (including phenoxy) is 2. The molecule has 7 heteroatoms. The van der Waals surface area contributed by atoms with Crippen LogP contribution in [0.25, 0.3) is 0 Å². The Morgan fingerprint density at radius 2 is 1.88 bits per heavy atom. The molecule has 0 aliphatic carbocycles. The molecule has 1 N–H and O–H groups in total. The molecular weight excluding hydrogens is 338 g/mol. The van der Waals surface area contributed by atoms with E-state index >= 15 is 0 Å². The summed E-state index contributed by atoms with van der Waals surface area (Å²) in [5, 5.41) is 2.71. The maximum atomic E-state index is 12.6. The third-order valence-electron chi connectivity index (χ3n) is 4.47. The lowest BCUT2D eigenvalue weighted by Gasteiger charge is -2.24. The number of Topliss-reactive ketones (excluding diaryl/α,β-unsaturated/α-hetero) is 1. The van der Waals surface area contributed by atoms with E-state index in [1.807, 2.05) is 6.92 Å². The molecule has 26 heavy (non-hydrogen) atoms. The maximum absolute atomic E-state index is 12.6. The van der Waals surface area contributed by atoms with Crippen LogP contribution in [-0.2, 0) is 29.3 Å². The lowest BCUT2D eigenvalue weighted by molar-refractivity contribution is -0.153. The molecule has 1 amide bonds. The van der Waals surface area contributed by atoms with Gasteiger partial charge in [0.25, 0.3) is 0 Å².